The predicted octanol–water partition coefficient (Wildman–Crippen LogP) is 1.81. The molecule has 21 heavy (non-hydrogen) atoms. The smallest absolute Gasteiger partial charge is 0.228 e. The van der Waals surface area contributed by atoms with Crippen molar-refractivity contribution in [1.82, 2.24) is 20.2 Å². The molecule has 2 aliphatic rings. The van der Waals surface area contributed by atoms with Crippen LogP contribution >= 0.6 is 0 Å². The molecule has 2 aliphatic carbocycles. The Morgan fingerprint density at radius 3 is 2.67 bits per heavy atom. The molecule has 0 saturated heterocycles. The van der Waals surface area contributed by atoms with Gasteiger partial charge in [0.2, 0.25) is 5.91 Å². The molecule has 4 rings (SSSR count). The molecule has 1 saturated carbocycles. The van der Waals surface area contributed by atoms with Crippen LogP contribution in [0.15, 0.2) is 42.7 Å². The highest BCUT2D eigenvalue weighted by Crippen LogP contribution is 2.43. The molecule has 0 aliphatic heterocycles. The summed E-state index contributed by atoms with van der Waals surface area (Å²) in [4.78, 5) is 12.3. The lowest BCUT2D eigenvalue weighted by Gasteiger charge is -2.17. The quantitative estimate of drug-likeness (QED) is 0.871. The molecular weight excluding hydrogens is 266 g/mol. The second-order valence-electron chi connectivity index (χ2n) is 5.68. The fourth-order valence-electron chi connectivity index (χ4n) is 3.29. The average Bonchev–Trinajstić information content (AvgIpc) is 3.25. The summed E-state index contributed by atoms with van der Waals surface area (Å²) in [7, 11) is 0. The number of nitrogens with zero attached hydrogens (tertiary/aromatic N) is 4. The molecule has 1 aromatic heterocycles. The SMILES string of the molecule is O=C(Nc1ccc(-n2cnnn2)cc1)[C@@H]1C[C@H]2C=C[C@H]1C2. The first-order chi connectivity index (χ1) is 10.3. The molecule has 1 fully saturated rings. The number of carbonyl (C=O) groups excluding carboxylic acids is 1. The maximum absolute atomic E-state index is 12.3. The van der Waals surface area contributed by atoms with Crippen molar-refractivity contribution in [1.29, 1.82) is 0 Å². The van der Waals surface area contributed by atoms with Gasteiger partial charge in [0.05, 0.1) is 5.69 Å². The zero-order valence-corrected chi connectivity index (χ0v) is 11.4. The topological polar surface area (TPSA) is 72.7 Å². The first kappa shape index (κ1) is 12.3. The number of benzene rings is 1. The third-order valence-corrected chi connectivity index (χ3v) is 4.36. The maximum atomic E-state index is 12.3. The van der Waals surface area contributed by atoms with Crippen molar-refractivity contribution in [3.63, 3.8) is 0 Å². The predicted molar refractivity (Wildman–Crippen MR) is 76.6 cm³/mol. The van der Waals surface area contributed by atoms with Crippen molar-refractivity contribution < 1.29 is 4.79 Å². The number of aromatic nitrogens is 4. The van der Waals surface area contributed by atoms with Crippen LogP contribution < -0.4 is 5.32 Å². The Bertz CT molecular complexity index is 677. The average molecular weight is 281 g/mol. The summed E-state index contributed by atoms with van der Waals surface area (Å²) in [5.41, 5.74) is 1.67. The van der Waals surface area contributed by atoms with E-state index in [0.29, 0.717) is 11.8 Å². The summed E-state index contributed by atoms with van der Waals surface area (Å²) in [6.07, 6.45) is 8.09. The summed E-state index contributed by atoms with van der Waals surface area (Å²) in [6, 6.07) is 7.51. The van der Waals surface area contributed by atoms with Crippen LogP contribution in [0.25, 0.3) is 5.69 Å². The molecule has 0 spiro atoms. The van der Waals surface area contributed by atoms with E-state index in [4.69, 9.17) is 0 Å². The highest BCUT2D eigenvalue weighted by atomic mass is 16.1. The van der Waals surface area contributed by atoms with Gasteiger partial charge >= 0.3 is 0 Å². The van der Waals surface area contributed by atoms with Gasteiger partial charge in [0, 0.05) is 11.6 Å². The fourth-order valence-corrected chi connectivity index (χ4v) is 3.29. The van der Waals surface area contributed by atoms with Crippen molar-refractivity contribution in [3.05, 3.63) is 42.7 Å². The number of amides is 1. The van der Waals surface area contributed by atoms with E-state index < -0.39 is 0 Å². The number of anilines is 1. The summed E-state index contributed by atoms with van der Waals surface area (Å²) in [5, 5.41) is 14.0. The third-order valence-electron chi connectivity index (χ3n) is 4.36. The number of carbonyl (C=O) groups is 1. The van der Waals surface area contributed by atoms with Crippen LogP contribution in [0.1, 0.15) is 12.8 Å². The van der Waals surface area contributed by atoms with Crippen molar-refractivity contribution in [2.75, 3.05) is 5.32 Å². The fraction of sp³-hybridized carbons (Fsp3) is 0.333. The first-order valence-electron chi connectivity index (χ1n) is 7.12. The Labute approximate surface area is 121 Å². The number of hydrogen-bond acceptors (Lipinski definition) is 4. The first-order valence-corrected chi connectivity index (χ1v) is 7.12. The van der Waals surface area contributed by atoms with Gasteiger partial charge in [-0.25, -0.2) is 4.68 Å². The molecule has 2 bridgehead atoms. The lowest BCUT2D eigenvalue weighted by Crippen LogP contribution is -2.25. The number of allylic oxidation sites excluding steroid dienone is 2. The molecule has 0 unspecified atom stereocenters. The van der Waals surface area contributed by atoms with Crippen LogP contribution in [0, 0.1) is 17.8 Å². The van der Waals surface area contributed by atoms with Crippen molar-refractivity contribution in [3.8, 4) is 5.69 Å². The molecule has 3 atom stereocenters. The number of fused-ring (bicyclic) bond motifs is 2. The Morgan fingerprint density at radius 1 is 1.19 bits per heavy atom. The largest absolute Gasteiger partial charge is 0.326 e. The number of tetrazole rings is 1. The minimum absolute atomic E-state index is 0.124. The Morgan fingerprint density at radius 2 is 2.05 bits per heavy atom. The van der Waals surface area contributed by atoms with E-state index in [9.17, 15) is 4.79 Å². The second-order valence-corrected chi connectivity index (χ2v) is 5.68. The van der Waals surface area contributed by atoms with Crippen LogP contribution in [0.4, 0.5) is 5.69 Å². The Balaban J connectivity index is 1.45. The second kappa shape index (κ2) is 4.80. The molecule has 1 aromatic carbocycles. The molecule has 1 heterocycles. The number of hydrogen-bond donors (Lipinski definition) is 1. The monoisotopic (exact) mass is 281 g/mol. The molecular formula is C15H15N5O. The van der Waals surface area contributed by atoms with Crippen LogP contribution in [-0.2, 0) is 4.79 Å². The molecule has 2 aromatic rings. The van der Waals surface area contributed by atoms with E-state index in [1.54, 1.807) is 4.68 Å². The van der Waals surface area contributed by atoms with Crippen LogP contribution in [0.2, 0.25) is 0 Å². The van der Waals surface area contributed by atoms with Gasteiger partial charge in [0.25, 0.3) is 0 Å². The summed E-state index contributed by atoms with van der Waals surface area (Å²) < 4.78 is 1.58. The van der Waals surface area contributed by atoms with Crippen LogP contribution in [0.5, 0.6) is 0 Å². The van der Waals surface area contributed by atoms with Gasteiger partial charge in [-0.05, 0) is 59.4 Å². The molecule has 0 radical (unpaired) electrons. The van der Waals surface area contributed by atoms with E-state index >= 15 is 0 Å². The molecule has 106 valence electrons. The zero-order chi connectivity index (χ0) is 14.2. The van der Waals surface area contributed by atoms with E-state index in [0.717, 1.165) is 24.2 Å². The maximum Gasteiger partial charge on any atom is 0.228 e. The Hall–Kier alpha value is -2.50. The van der Waals surface area contributed by atoms with Crippen LogP contribution in [0.3, 0.4) is 0 Å². The minimum Gasteiger partial charge on any atom is -0.326 e. The van der Waals surface area contributed by atoms with Crippen LogP contribution in [-0.4, -0.2) is 26.1 Å². The molecule has 6 heteroatoms. The molecule has 1 N–H and O–H groups in total. The van der Waals surface area contributed by atoms with E-state index in [2.05, 4.69) is 33.0 Å². The molecule has 1 amide bonds. The van der Waals surface area contributed by atoms with Crippen molar-refractivity contribution in [2.24, 2.45) is 17.8 Å². The van der Waals surface area contributed by atoms with Gasteiger partial charge in [-0.2, -0.15) is 0 Å². The number of nitrogens with one attached hydrogen (secondary N) is 1. The van der Waals surface area contributed by atoms with E-state index in [-0.39, 0.29) is 11.8 Å². The van der Waals surface area contributed by atoms with Crippen molar-refractivity contribution in [2.45, 2.75) is 12.8 Å². The summed E-state index contributed by atoms with van der Waals surface area (Å²) >= 11 is 0. The third kappa shape index (κ3) is 2.22. The zero-order valence-electron chi connectivity index (χ0n) is 11.4. The van der Waals surface area contributed by atoms with Gasteiger partial charge in [0.15, 0.2) is 0 Å². The van der Waals surface area contributed by atoms with E-state index in [1.807, 2.05) is 24.3 Å². The highest BCUT2D eigenvalue weighted by molar-refractivity contribution is 5.93. The summed E-state index contributed by atoms with van der Waals surface area (Å²) in [5.74, 6) is 1.28. The standard InChI is InChI=1S/C15H15N5O/c21-15(14-8-10-1-2-11(14)7-10)17-12-3-5-13(6-4-12)20-9-16-18-19-20/h1-6,9-11,14H,7-8H2,(H,17,21)/t10-,11-,14+/m0/s1. The lowest BCUT2D eigenvalue weighted by atomic mass is 9.93. The number of rotatable bonds is 3. The minimum atomic E-state index is 0.124. The normalized spacial score (nSPS) is 26.2. The van der Waals surface area contributed by atoms with Crippen molar-refractivity contribution >= 4 is 11.6 Å². The van der Waals surface area contributed by atoms with Gasteiger partial charge in [-0.1, -0.05) is 12.2 Å². The summed E-state index contributed by atoms with van der Waals surface area (Å²) in [6.45, 7) is 0. The van der Waals surface area contributed by atoms with Gasteiger partial charge in [-0.15, -0.1) is 5.10 Å². The van der Waals surface area contributed by atoms with Gasteiger partial charge < -0.3 is 5.32 Å². The Kier molecular flexibility index (Phi) is 2.80. The highest BCUT2D eigenvalue weighted by Gasteiger charge is 2.39. The van der Waals surface area contributed by atoms with Gasteiger partial charge in [0.1, 0.15) is 6.33 Å². The molecule has 6 nitrogen and oxygen atoms in total. The van der Waals surface area contributed by atoms with E-state index in [1.165, 1.54) is 6.33 Å². The van der Waals surface area contributed by atoms with Gasteiger partial charge in [-0.3, -0.25) is 4.79 Å². The lowest BCUT2D eigenvalue weighted by molar-refractivity contribution is -0.120.